The summed E-state index contributed by atoms with van der Waals surface area (Å²) >= 11 is 5.92. The van der Waals surface area contributed by atoms with E-state index in [0.29, 0.717) is 23.3 Å². The maximum absolute atomic E-state index is 11.2. The zero-order chi connectivity index (χ0) is 13.0. The molecule has 0 aliphatic rings. The van der Waals surface area contributed by atoms with Gasteiger partial charge in [-0.3, -0.25) is 4.21 Å². The van der Waals surface area contributed by atoms with Crippen LogP contribution in [0.15, 0.2) is 6.07 Å². The first-order valence-electron chi connectivity index (χ1n) is 5.50. The Bertz CT molecular complexity index is 412. The van der Waals surface area contributed by atoms with Crippen LogP contribution in [-0.4, -0.2) is 32.2 Å². The third-order valence-corrected chi connectivity index (χ3v) is 3.86. The highest BCUT2D eigenvalue weighted by molar-refractivity contribution is 7.84. The average Bonchev–Trinajstić information content (AvgIpc) is 2.24. The predicted octanol–water partition coefficient (Wildman–Crippen LogP) is 2.43. The lowest BCUT2D eigenvalue weighted by Crippen LogP contribution is -2.21. The second-order valence-corrected chi connectivity index (χ2v) is 6.47. The Kier molecular flexibility index (Phi) is 5.33. The van der Waals surface area contributed by atoms with Crippen LogP contribution in [-0.2, 0) is 10.8 Å². The van der Waals surface area contributed by atoms with E-state index in [4.69, 9.17) is 11.6 Å². The SMILES string of the molecule is CC(C)c1nc(Cl)cc(NCC(C)S(C)=O)n1. The maximum Gasteiger partial charge on any atom is 0.135 e. The van der Waals surface area contributed by atoms with Gasteiger partial charge in [-0.25, -0.2) is 9.97 Å². The van der Waals surface area contributed by atoms with Crippen LogP contribution in [0.4, 0.5) is 5.82 Å². The second kappa shape index (κ2) is 6.31. The van der Waals surface area contributed by atoms with Gasteiger partial charge in [-0.15, -0.1) is 0 Å². The van der Waals surface area contributed by atoms with E-state index in [9.17, 15) is 4.21 Å². The summed E-state index contributed by atoms with van der Waals surface area (Å²) in [6, 6.07) is 1.68. The predicted molar refractivity (Wildman–Crippen MR) is 73.1 cm³/mol. The van der Waals surface area contributed by atoms with Crippen LogP contribution < -0.4 is 5.32 Å². The minimum Gasteiger partial charge on any atom is -0.369 e. The summed E-state index contributed by atoms with van der Waals surface area (Å²) in [6.45, 7) is 6.56. The molecule has 2 unspecified atom stereocenters. The third kappa shape index (κ3) is 4.60. The Morgan fingerprint density at radius 1 is 1.41 bits per heavy atom. The van der Waals surface area contributed by atoms with Gasteiger partial charge in [-0.2, -0.15) is 0 Å². The van der Waals surface area contributed by atoms with Crippen molar-refractivity contribution in [3.63, 3.8) is 0 Å². The van der Waals surface area contributed by atoms with E-state index in [-0.39, 0.29) is 11.2 Å². The summed E-state index contributed by atoms with van der Waals surface area (Å²) in [5.74, 6) is 1.63. The number of anilines is 1. The van der Waals surface area contributed by atoms with E-state index in [2.05, 4.69) is 15.3 Å². The van der Waals surface area contributed by atoms with Crippen LogP contribution in [0.2, 0.25) is 5.15 Å². The van der Waals surface area contributed by atoms with Gasteiger partial charge in [-0.05, 0) is 6.92 Å². The Balaban J connectivity index is 2.74. The molecular formula is C11H18ClN3OS. The molecule has 0 aromatic carbocycles. The van der Waals surface area contributed by atoms with Crippen LogP contribution in [0.1, 0.15) is 32.5 Å². The number of hydrogen-bond acceptors (Lipinski definition) is 4. The first kappa shape index (κ1) is 14.4. The molecule has 0 aliphatic carbocycles. The number of halogens is 1. The normalized spacial score (nSPS) is 14.7. The van der Waals surface area contributed by atoms with Crippen molar-refractivity contribution in [2.24, 2.45) is 0 Å². The van der Waals surface area contributed by atoms with Crippen molar-refractivity contribution in [2.75, 3.05) is 18.1 Å². The fourth-order valence-electron chi connectivity index (χ4n) is 1.15. The van der Waals surface area contributed by atoms with Gasteiger partial charge in [0.25, 0.3) is 0 Å². The van der Waals surface area contributed by atoms with Crippen molar-refractivity contribution >= 4 is 28.2 Å². The number of nitrogens with one attached hydrogen (secondary N) is 1. The highest BCUT2D eigenvalue weighted by atomic mass is 35.5. The summed E-state index contributed by atoms with van der Waals surface area (Å²) in [5, 5.41) is 3.64. The summed E-state index contributed by atoms with van der Waals surface area (Å²) in [5.41, 5.74) is 0. The monoisotopic (exact) mass is 275 g/mol. The molecule has 1 N–H and O–H groups in total. The lowest BCUT2D eigenvalue weighted by Gasteiger charge is -2.12. The minimum absolute atomic E-state index is 0.0752. The quantitative estimate of drug-likeness (QED) is 0.839. The zero-order valence-corrected chi connectivity index (χ0v) is 12.1. The Hall–Kier alpha value is -0.680. The molecular weight excluding hydrogens is 258 g/mol. The van der Waals surface area contributed by atoms with Crippen LogP contribution >= 0.6 is 11.6 Å². The molecule has 0 radical (unpaired) electrons. The molecule has 2 atom stereocenters. The van der Waals surface area contributed by atoms with Gasteiger partial charge in [0.05, 0.1) is 0 Å². The highest BCUT2D eigenvalue weighted by Gasteiger charge is 2.09. The first-order valence-corrected chi connectivity index (χ1v) is 7.50. The highest BCUT2D eigenvalue weighted by Crippen LogP contribution is 2.16. The number of rotatable bonds is 5. The van der Waals surface area contributed by atoms with Crippen molar-refractivity contribution in [1.82, 2.24) is 9.97 Å². The molecule has 17 heavy (non-hydrogen) atoms. The van der Waals surface area contributed by atoms with E-state index in [1.165, 1.54) is 0 Å². The molecule has 0 saturated carbocycles. The fraction of sp³-hybridized carbons (Fsp3) is 0.636. The van der Waals surface area contributed by atoms with Crippen molar-refractivity contribution < 1.29 is 4.21 Å². The Labute approximate surface area is 110 Å². The molecule has 1 heterocycles. The largest absolute Gasteiger partial charge is 0.369 e. The number of hydrogen-bond donors (Lipinski definition) is 1. The average molecular weight is 276 g/mol. The summed E-state index contributed by atoms with van der Waals surface area (Å²) in [7, 11) is -0.842. The fourth-order valence-corrected chi connectivity index (χ4v) is 1.66. The van der Waals surface area contributed by atoms with E-state index < -0.39 is 10.8 Å². The molecule has 4 nitrogen and oxygen atoms in total. The minimum atomic E-state index is -0.842. The van der Waals surface area contributed by atoms with E-state index in [1.807, 2.05) is 20.8 Å². The van der Waals surface area contributed by atoms with Crippen molar-refractivity contribution in [3.8, 4) is 0 Å². The smallest absolute Gasteiger partial charge is 0.135 e. The number of aromatic nitrogens is 2. The van der Waals surface area contributed by atoms with Crippen molar-refractivity contribution in [1.29, 1.82) is 0 Å². The van der Waals surface area contributed by atoms with Crippen molar-refractivity contribution in [2.45, 2.75) is 31.9 Å². The molecule has 0 saturated heterocycles. The van der Waals surface area contributed by atoms with Gasteiger partial charge in [0.15, 0.2) is 0 Å². The molecule has 0 spiro atoms. The lowest BCUT2D eigenvalue weighted by molar-refractivity contribution is 0.678. The zero-order valence-electron chi connectivity index (χ0n) is 10.5. The summed E-state index contributed by atoms with van der Waals surface area (Å²) in [4.78, 5) is 8.51. The van der Waals surface area contributed by atoms with Gasteiger partial charge in [0.2, 0.25) is 0 Å². The van der Waals surface area contributed by atoms with Crippen LogP contribution in [0.3, 0.4) is 0 Å². The lowest BCUT2D eigenvalue weighted by atomic mass is 10.2. The van der Waals surface area contributed by atoms with Gasteiger partial charge in [0, 0.05) is 40.8 Å². The first-order chi connectivity index (χ1) is 7.90. The van der Waals surface area contributed by atoms with Gasteiger partial charge in [-0.1, -0.05) is 25.4 Å². The standard InChI is InChI=1S/C11H18ClN3OS/c1-7(2)11-14-9(12)5-10(15-11)13-6-8(3)17(4)16/h5,7-8H,6H2,1-4H3,(H,13,14,15). The molecule has 6 heteroatoms. The molecule has 0 fully saturated rings. The summed E-state index contributed by atoms with van der Waals surface area (Å²) < 4.78 is 11.2. The van der Waals surface area contributed by atoms with Crippen LogP contribution in [0.25, 0.3) is 0 Å². The molecule has 1 aromatic heterocycles. The van der Waals surface area contributed by atoms with E-state index in [0.717, 1.165) is 0 Å². The molecule has 96 valence electrons. The Morgan fingerprint density at radius 3 is 2.59 bits per heavy atom. The molecule has 1 aromatic rings. The van der Waals surface area contributed by atoms with Gasteiger partial charge >= 0.3 is 0 Å². The number of nitrogens with zero attached hydrogens (tertiary/aromatic N) is 2. The van der Waals surface area contributed by atoms with Crippen molar-refractivity contribution in [3.05, 3.63) is 17.0 Å². The van der Waals surface area contributed by atoms with Crippen LogP contribution in [0.5, 0.6) is 0 Å². The third-order valence-electron chi connectivity index (χ3n) is 2.37. The van der Waals surface area contributed by atoms with Crippen LogP contribution in [0, 0.1) is 0 Å². The maximum atomic E-state index is 11.2. The molecule has 1 rings (SSSR count). The van der Waals surface area contributed by atoms with E-state index in [1.54, 1.807) is 12.3 Å². The molecule has 0 amide bonds. The molecule has 0 aliphatic heterocycles. The van der Waals surface area contributed by atoms with E-state index >= 15 is 0 Å². The van der Waals surface area contributed by atoms with Gasteiger partial charge < -0.3 is 5.32 Å². The van der Waals surface area contributed by atoms with Gasteiger partial charge in [0.1, 0.15) is 16.8 Å². The molecule has 0 bridgehead atoms. The summed E-state index contributed by atoms with van der Waals surface area (Å²) in [6.07, 6.45) is 1.69. The second-order valence-electron chi connectivity index (χ2n) is 4.28. The Morgan fingerprint density at radius 2 is 2.06 bits per heavy atom. The topological polar surface area (TPSA) is 54.9 Å².